The number of nitrogens with one attached hydrogen (secondary N) is 1. The van der Waals surface area contributed by atoms with Crippen molar-refractivity contribution >= 4 is 5.91 Å². The molecule has 144 valence electrons. The molecule has 2 nitrogen and oxygen atoms in total. The van der Waals surface area contributed by atoms with Crippen LogP contribution in [0.15, 0.2) is 66.7 Å². The average molecular weight is 372 g/mol. The number of carbonyl (C=O) groups is 1. The highest BCUT2D eigenvalue weighted by Gasteiger charge is 2.18. The van der Waals surface area contributed by atoms with Crippen LogP contribution in [0.1, 0.15) is 51.4 Å². The van der Waals surface area contributed by atoms with E-state index < -0.39 is 0 Å². The molecule has 0 aliphatic heterocycles. The highest BCUT2D eigenvalue weighted by atomic mass is 16.1. The number of rotatable bonds is 6. The van der Waals surface area contributed by atoms with Crippen LogP contribution >= 0.6 is 0 Å². The molecule has 0 unspecified atom stereocenters. The minimum Gasteiger partial charge on any atom is -0.345 e. The van der Waals surface area contributed by atoms with Gasteiger partial charge in [-0.1, -0.05) is 72.3 Å². The van der Waals surface area contributed by atoms with Crippen molar-refractivity contribution in [3.63, 3.8) is 0 Å². The smallest absolute Gasteiger partial charge is 0.221 e. The largest absolute Gasteiger partial charge is 0.345 e. The second-order valence-corrected chi connectivity index (χ2v) is 7.69. The molecule has 0 aromatic heterocycles. The Morgan fingerprint density at radius 3 is 2.25 bits per heavy atom. The Labute approximate surface area is 168 Å². The fourth-order valence-corrected chi connectivity index (χ4v) is 3.59. The molecule has 0 spiro atoms. The lowest BCUT2D eigenvalue weighted by Gasteiger charge is -2.22. The molecule has 0 heterocycles. The van der Waals surface area contributed by atoms with Crippen molar-refractivity contribution in [2.45, 2.75) is 46.6 Å². The van der Waals surface area contributed by atoms with Crippen LogP contribution in [0.3, 0.4) is 0 Å². The summed E-state index contributed by atoms with van der Waals surface area (Å²) < 4.78 is 0. The molecule has 3 rings (SSSR count). The lowest BCUT2D eigenvalue weighted by Crippen LogP contribution is -2.30. The monoisotopic (exact) mass is 371 g/mol. The first kappa shape index (κ1) is 19.9. The van der Waals surface area contributed by atoms with Gasteiger partial charge in [-0.3, -0.25) is 4.79 Å². The lowest BCUT2D eigenvalue weighted by atomic mass is 9.93. The molecule has 0 aliphatic carbocycles. The first-order valence-electron chi connectivity index (χ1n) is 9.91. The summed E-state index contributed by atoms with van der Waals surface area (Å²) in [6.45, 7) is 8.43. The standard InChI is InChI=1S/C26H29NO/c1-18-10-14-24(21(4)16-18)26(23-8-6-5-7-9-23)27-25(28)15-13-22-12-11-19(2)20(3)17-22/h5-12,14,16-17,26H,13,15H2,1-4H3,(H,27,28)/t26-/m0/s1. The van der Waals surface area contributed by atoms with Gasteiger partial charge >= 0.3 is 0 Å². The molecular formula is C26H29NO. The van der Waals surface area contributed by atoms with Crippen molar-refractivity contribution in [2.24, 2.45) is 0 Å². The van der Waals surface area contributed by atoms with Crippen molar-refractivity contribution in [2.75, 3.05) is 0 Å². The zero-order chi connectivity index (χ0) is 20.1. The zero-order valence-corrected chi connectivity index (χ0v) is 17.3. The summed E-state index contributed by atoms with van der Waals surface area (Å²) in [4.78, 5) is 12.8. The topological polar surface area (TPSA) is 29.1 Å². The third-order valence-corrected chi connectivity index (χ3v) is 5.39. The van der Waals surface area contributed by atoms with Crippen LogP contribution in [-0.4, -0.2) is 5.91 Å². The number of aryl methyl sites for hydroxylation is 5. The molecule has 3 aromatic rings. The van der Waals surface area contributed by atoms with Crippen molar-refractivity contribution in [3.05, 3.63) is 106 Å². The first-order valence-corrected chi connectivity index (χ1v) is 9.91. The second-order valence-electron chi connectivity index (χ2n) is 7.69. The second kappa shape index (κ2) is 8.88. The molecule has 3 aromatic carbocycles. The molecule has 0 fully saturated rings. The summed E-state index contributed by atoms with van der Waals surface area (Å²) in [5, 5.41) is 3.27. The molecular weight excluding hydrogens is 342 g/mol. The van der Waals surface area contributed by atoms with Gasteiger partial charge in [0.25, 0.3) is 0 Å². The van der Waals surface area contributed by atoms with E-state index in [1.54, 1.807) is 0 Å². The zero-order valence-electron chi connectivity index (χ0n) is 17.3. The molecule has 0 radical (unpaired) electrons. The molecule has 0 saturated carbocycles. The van der Waals surface area contributed by atoms with Gasteiger partial charge in [-0.25, -0.2) is 0 Å². The van der Waals surface area contributed by atoms with Crippen LogP contribution < -0.4 is 5.32 Å². The van der Waals surface area contributed by atoms with Gasteiger partial charge in [0, 0.05) is 6.42 Å². The van der Waals surface area contributed by atoms with Crippen LogP contribution in [0.4, 0.5) is 0 Å². The summed E-state index contributed by atoms with van der Waals surface area (Å²) in [6.07, 6.45) is 1.23. The Morgan fingerprint density at radius 2 is 1.57 bits per heavy atom. The molecule has 0 bridgehead atoms. The predicted molar refractivity (Wildman–Crippen MR) is 117 cm³/mol. The van der Waals surface area contributed by atoms with Crippen LogP contribution in [-0.2, 0) is 11.2 Å². The van der Waals surface area contributed by atoms with Gasteiger partial charge < -0.3 is 5.32 Å². The predicted octanol–water partition coefficient (Wildman–Crippen LogP) is 5.76. The fraction of sp³-hybridized carbons (Fsp3) is 0.269. The lowest BCUT2D eigenvalue weighted by molar-refractivity contribution is -0.121. The Morgan fingerprint density at radius 1 is 0.821 bits per heavy atom. The Bertz CT molecular complexity index is 959. The van der Waals surface area contributed by atoms with Crippen molar-refractivity contribution in [1.29, 1.82) is 0 Å². The summed E-state index contributed by atoms with van der Waals surface area (Å²) >= 11 is 0. The highest BCUT2D eigenvalue weighted by Crippen LogP contribution is 2.26. The van der Waals surface area contributed by atoms with Crippen LogP contribution in [0.5, 0.6) is 0 Å². The van der Waals surface area contributed by atoms with Crippen LogP contribution in [0.2, 0.25) is 0 Å². The summed E-state index contributed by atoms with van der Waals surface area (Å²) in [7, 11) is 0. The van der Waals surface area contributed by atoms with Gasteiger partial charge in [0.2, 0.25) is 5.91 Å². The SMILES string of the molecule is Cc1ccc([C@@H](NC(=O)CCc2ccc(C)c(C)c2)c2ccccc2)c(C)c1. The Balaban J connectivity index is 1.77. The minimum atomic E-state index is -0.131. The van der Waals surface area contributed by atoms with E-state index in [2.05, 4.69) is 81.5 Å². The van der Waals surface area contributed by atoms with E-state index in [1.165, 1.54) is 27.8 Å². The number of benzene rings is 3. The maximum absolute atomic E-state index is 12.8. The maximum atomic E-state index is 12.8. The number of amides is 1. The van der Waals surface area contributed by atoms with Crippen LogP contribution in [0.25, 0.3) is 0 Å². The van der Waals surface area contributed by atoms with E-state index in [4.69, 9.17) is 0 Å². The normalized spacial score (nSPS) is 11.9. The van der Waals surface area contributed by atoms with E-state index in [-0.39, 0.29) is 11.9 Å². The van der Waals surface area contributed by atoms with E-state index in [9.17, 15) is 4.79 Å². The van der Waals surface area contributed by atoms with Crippen LogP contribution in [0, 0.1) is 27.7 Å². The van der Waals surface area contributed by atoms with Crippen molar-refractivity contribution < 1.29 is 4.79 Å². The quantitative estimate of drug-likeness (QED) is 0.586. The highest BCUT2D eigenvalue weighted by molar-refractivity contribution is 5.77. The van der Waals surface area contributed by atoms with E-state index in [0.717, 1.165) is 17.5 Å². The first-order chi connectivity index (χ1) is 13.4. The number of hydrogen-bond acceptors (Lipinski definition) is 1. The van der Waals surface area contributed by atoms with Crippen molar-refractivity contribution in [1.82, 2.24) is 5.32 Å². The Kier molecular flexibility index (Phi) is 6.30. The molecule has 2 heteroatoms. The molecule has 1 atom stereocenters. The Hall–Kier alpha value is -2.87. The molecule has 0 saturated heterocycles. The molecule has 1 N–H and O–H groups in total. The molecule has 1 amide bonds. The van der Waals surface area contributed by atoms with Crippen molar-refractivity contribution in [3.8, 4) is 0 Å². The fourth-order valence-electron chi connectivity index (χ4n) is 3.59. The van der Waals surface area contributed by atoms with Gasteiger partial charge in [-0.2, -0.15) is 0 Å². The van der Waals surface area contributed by atoms with E-state index in [0.29, 0.717) is 6.42 Å². The van der Waals surface area contributed by atoms with Gasteiger partial charge in [-0.05, 0) is 67.5 Å². The van der Waals surface area contributed by atoms with Gasteiger partial charge in [0.1, 0.15) is 0 Å². The molecule has 0 aliphatic rings. The summed E-state index contributed by atoms with van der Waals surface area (Å²) in [5.74, 6) is 0.0760. The maximum Gasteiger partial charge on any atom is 0.221 e. The van der Waals surface area contributed by atoms with E-state index in [1.807, 2.05) is 18.2 Å². The summed E-state index contributed by atoms with van der Waals surface area (Å²) in [6, 6.07) is 22.9. The summed E-state index contributed by atoms with van der Waals surface area (Å²) in [5.41, 5.74) is 8.45. The third kappa shape index (κ3) is 4.89. The van der Waals surface area contributed by atoms with Gasteiger partial charge in [0.05, 0.1) is 6.04 Å². The number of hydrogen-bond donors (Lipinski definition) is 1. The van der Waals surface area contributed by atoms with Gasteiger partial charge in [-0.15, -0.1) is 0 Å². The average Bonchev–Trinajstić information content (AvgIpc) is 2.68. The number of carbonyl (C=O) groups excluding carboxylic acids is 1. The third-order valence-electron chi connectivity index (χ3n) is 5.39. The van der Waals surface area contributed by atoms with Gasteiger partial charge in [0.15, 0.2) is 0 Å². The molecule has 28 heavy (non-hydrogen) atoms. The van der Waals surface area contributed by atoms with E-state index >= 15 is 0 Å². The minimum absolute atomic E-state index is 0.0760.